The highest BCUT2D eigenvalue weighted by molar-refractivity contribution is 7.91. The van der Waals surface area contributed by atoms with Gasteiger partial charge in [-0.05, 0) is 62.1 Å². The van der Waals surface area contributed by atoms with E-state index in [-0.39, 0.29) is 29.9 Å². The van der Waals surface area contributed by atoms with Crippen LogP contribution in [0.15, 0.2) is 18.2 Å². The van der Waals surface area contributed by atoms with Gasteiger partial charge in [0.25, 0.3) is 11.8 Å². The lowest BCUT2D eigenvalue weighted by molar-refractivity contribution is -0.118. The summed E-state index contributed by atoms with van der Waals surface area (Å²) in [5.41, 5.74) is 3.36. The molecule has 178 valence electrons. The van der Waals surface area contributed by atoms with Crippen LogP contribution in [0.4, 0.5) is 5.00 Å². The smallest absolute Gasteiger partial charge is 0.262 e. The van der Waals surface area contributed by atoms with Crippen LogP contribution in [0.1, 0.15) is 51.7 Å². The average molecular weight is 491 g/mol. The largest absolute Gasteiger partial charge is 0.483 e. The Morgan fingerprint density at radius 2 is 1.91 bits per heavy atom. The summed E-state index contributed by atoms with van der Waals surface area (Å²) in [4.78, 5) is 27.1. The van der Waals surface area contributed by atoms with E-state index >= 15 is 0 Å². The van der Waals surface area contributed by atoms with Crippen molar-refractivity contribution in [1.82, 2.24) is 5.32 Å². The van der Waals surface area contributed by atoms with Gasteiger partial charge in [-0.3, -0.25) is 9.59 Å². The number of benzene rings is 1. The van der Waals surface area contributed by atoms with Crippen LogP contribution in [-0.2, 0) is 27.5 Å². The molecule has 2 unspecified atom stereocenters. The third kappa shape index (κ3) is 5.41. The number of carbonyl (C=O) groups excluding carboxylic acids is 2. The molecule has 1 aromatic heterocycles. The Labute approximate surface area is 198 Å². The van der Waals surface area contributed by atoms with E-state index in [4.69, 9.17) is 4.74 Å². The number of carbonyl (C=O) groups is 2. The molecule has 0 spiro atoms. The Hall–Kier alpha value is -2.39. The van der Waals surface area contributed by atoms with Gasteiger partial charge in [0.15, 0.2) is 16.4 Å². The molecular weight excluding hydrogens is 460 g/mol. The van der Waals surface area contributed by atoms with Crippen molar-refractivity contribution in [1.29, 1.82) is 0 Å². The summed E-state index contributed by atoms with van der Waals surface area (Å²) >= 11 is 1.44. The van der Waals surface area contributed by atoms with E-state index in [1.54, 1.807) is 0 Å². The molecule has 1 fully saturated rings. The fourth-order valence-corrected chi connectivity index (χ4v) is 7.67. The van der Waals surface area contributed by atoms with Gasteiger partial charge in [-0.25, -0.2) is 8.42 Å². The number of hydrogen-bond acceptors (Lipinski definition) is 6. The lowest BCUT2D eigenvalue weighted by Crippen LogP contribution is -2.36. The van der Waals surface area contributed by atoms with Gasteiger partial charge in [0.2, 0.25) is 0 Å². The summed E-state index contributed by atoms with van der Waals surface area (Å²) in [5, 5.41) is 6.30. The zero-order valence-corrected chi connectivity index (χ0v) is 20.8. The maximum absolute atomic E-state index is 13.2. The van der Waals surface area contributed by atoms with E-state index in [0.717, 1.165) is 40.8 Å². The monoisotopic (exact) mass is 490 g/mol. The molecule has 9 heteroatoms. The Kier molecular flexibility index (Phi) is 6.81. The first-order chi connectivity index (χ1) is 15.6. The summed E-state index contributed by atoms with van der Waals surface area (Å²) in [6, 6.07) is 5.41. The summed E-state index contributed by atoms with van der Waals surface area (Å²) in [7, 11) is -3.10. The van der Waals surface area contributed by atoms with Crippen molar-refractivity contribution in [3.8, 4) is 5.75 Å². The van der Waals surface area contributed by atoms with Gasteiger partial charge in [-0.15, -0.1) is 11.3 Å². The Morgan fingerprint density at radius 3 is 2.58 bits per heavy atom. The second kappa shape index (κ2) is 9.46. The van der Waals surface area contributed by atoms with Crippen molar-refractivity contribution in [3.05, 3.63) is 45.3 Å². The summed E-state index contributed by atoms with van der Waals surface area (Å²) in [5.74, 6) is 0.622. The van der Waals surface area contributed by atoms with Crippen LogP contribution in [0.5, 0.6) is 5.75 Å². The molecule has 0 bridgehead atoms. The molecule has 2 N–H and O–H groups in total. The van der Waals surface area contributed by atoms with E-state index in [9.17, 15) is 18.0 Å². The molecule has 4 rings (SSSR count). The van der Waals surface area contributed by atoms with Crippen molar-refractivity contribution in [2.24, 2.45) is 5.92 Å². The normalized spacial score (nSPS) is 21.3. The SMILES string of the molecule is Cc1cccc(C)c1OCC(=O)Nc1sc2c(c1C(=O)NC1CCS(=O)(=O)C1)CCC(C)C2. The molecule has 2 atom stereocenters. The number of fused-ring (bicyclic) bond motifs is 1. The highest BCUT2D eigenvalue weighted by atomic mass is 32.2. The highest BCUT2D eigenvalue weighted by Gasteiger charge is 2.33. The van der Waals surface area contributed by atoms with E-state index in [1.165, 1.54) is 11.3 Å². The third-order valence-corrected chi connectivity index (χ3v) is 9.25. The van der Waals surface area contributed by atoms with Gasteiger partial charge >= 0.3 is 0 Å². The molecule has 1 aliphatic heterocycles. The van der Waals surface area contributed by atoms with Gasteiger partial charge in [0, 0.05) is 10.9 Å². The standard InChI is InChI=1S/C24H30N2O5S2/c1-14-7-8-18-19(11-14)32-24(21(18)23(28)25-17-9-10-33(29,30)13-17)26-20(27)12-31-22-15(2)5-4-6-16(22)3/h4-6,14,17H,7-13H2,1-3H3,(H,25,28)(H,26,27). The lowest BCUT2D eigenvalue weighted by atomic mass is 9.88. The molecule has 0 saturated carbocycles. The Balaban J connectivity index is 1.52. The average Bonchev–Trinajstić information content (AvgIpc) is 3.25. The second-order valence-electron chi connectivity index (χ2n) is 9.19. The lowest BCUT2D eigenvalue weighted by Gasteiger charge is -2.19. The van der Waals surface area contributed by atoms with E-state index in [2.05, 4.69) is 17.6 Å². The number of rotatable bonds is 6. The highest BCUT2D eigenvalue weighted by Crippen LogP contribution is 2.40. The van der Waals surface area contributed by atoms with E-state index in [1.807, 2.05) is 32.0 Å². The van der Waals surface area contributed by atoms with Crippen LogP contribution >= 0.6 is 11.3 Å². The first-order valence-corrected chi connectivity index (χ1v) is 13.9. The number of para-hydroxylation sites is 1. The van der Waals surface area contributed by atoms with E-state index < -0.39 is 15.9 Å². The predicted molar refractivity (Wildman–Crippen MR) is 130 cm³/mol. The number of hydrogen-bond donors (Lipinski definition) is 2. The molecule has 2 aliphatic rings. The predicted octanol–water partition coefficient (Wildman–Crippen LogP) is 3.42. The van der Waals surface area contributed by atoms with Crippen molar-refractivity contribution >= 4 is 38.0 Å². The molecule has 2 aromatic rings. The van der Waals surface area contributed by atoms with Gasteiger partial charge in [0.1, 0.15) is 10.8 Å². The first kappa shape index (κ1) is 23.8. The van der Waals surface area contributed by atoms with Crippen LogP contribution in [-0.4, -0.2) is 44.4 Å². The molecule has 1 saturated heterocycles. The number of sulfone groups is 1. The fourth-order valence-electron chi connectivity index (χ4n) is 4.57. The van der Waals surface area contributed by atoms with E-state index in [0.29, 0.717) is 28.7 Å². The zero-order valence-electron chi connectivity index (χ0n) is 19.2. The summed E-state index contributed by atoms with van der Waals surface area (Å²) in [6.45, 7) is 5.88. The molecule has 2 amide bonds. The third-order valence-electron chi connectivity index (χ3n) is 6.32. The number of thiophene rings is 1. The molecule has 2 heterocycles. The van der Waals surface area contributed by atoms with Crippen LogP contribution in [0.2, 0.25) is 0 Å². The van der Waals surface area contributed by atoms with Gasteiger partial charge in [-0.1, -0.05) is 25.1 Å². The Morgan fingerprint density at radius 1 is 1.18 bits per heavy atom. The second-order valence-corrected chi connectivity index (χ2v) is 12.5. The minimum absolute atomic E-state index is 0.0343. The fraction of sp³-hybridized carbons (Fsp3) is 0.500. The Bertz CT molecular complexity index is 1170. The van der Waals surface area contributed by atoms with Gasteiger partial charge < -0.3 is 15.4 Å². The summed E-state index contributed by atoms with van der Waals surface area (Å²) < 4.78 is 29.4. The topological polar surface area (TPSA) is 102 Å². The number of nitrogens with one attached hydrogen (secondary N) is 2. The van der Waals surface area contributed by atoms with Crippen LogP contribution < -0.4 is 15.4 Å². The van der Waals surface area contributed by atoms with Crippen molar-refractivity contribution in [3.63, 3.8) is 0 Å². The molecule has 7 nitrogen and oxygen atoms in total. The number of aryl methyl sites for hydroxylation is 2. The zero-order chi connectivity index (χ0) is 23.8. The maximum Gasteiger partial charge on any atom is 0.262 e. The quantitative estimate of drug-likeness (QED) is 0.646. The molecular formula is C24H30N2O5S2. The molecule has 1 aliphatic carbocycles. The first-order valence-electron chi connectivity index (χ1n) is 11.3. The van der Waals surface area contributed by atoms with Crippen molar-refractivity contribution in [2.75, 3.05) is 23.4 Å². The van der Waals surface area contributed by atoms with Crippen molar-refractivity contribution < 1.29 is 22.7 Å². The summed E-state index contributed by atoms with van der Waals surface area (Å²) in [6.07, 6.45) is 3.04. The molecule has 33 heavy (non-hydrogen) atoms. The van der Waals surface area contributed by atoms with Crippen molar-refractivity contribution in [2.45, 2.75) is 52.5 Å². The van der Waals surface area contributed by atoms with Crippen LogP contribution in [0.3, 0.4) is 0 Å². The van der Waals surface area contributed by atoms with Crippen LogP contribution in [0.25, 0.3) is 0 Å². The maximum atomic E-state index is 13.2. The number of amides is 2. The minimum Gasteiger partial charge on any atom is -0.483 e. The number of ether oxygens (including phenoxy) is 1. The van der Waals surface area contributed by atoms with Gasteiger partial charge in [0.05, 0.1) is 17.1 Å². The minimum atomic E-state index is -3.10. The van der Waals surface area contributed by atoms with Gasteiger partial charge in [-0.2, -0.15) is 0 Å². The molecule has 0 radical (unpaired) electrons. The molecule has 1 aromatic carbocycles. The number of anilines is 1. The van der Waals surface area contributed by atoms with Crippen LogP contribution in [0, 0.1) is 19.8 Å².